The number of fused-ring (bicyclic) bond motifs is 1. The third-order valence-corrected chi connectivity index (χ3v) is 4.57. The van der Waals surface area contributed by atoms with Crippen molar-refractivity contribution in [1.82, 2.24) is 4.98 Å². The number of hydrogen-bond donors (Lipinski definition) is 1. The van der Waals surface area contributed by atoms with Gasteiger partial charge in [0, 0.05) is 16.5 Å². The summed E-state index contributed by atoms with van der Waals surface area (Å²) in [5.74, 6) is 0.369. The maximum Gasteiger partial charge on any atom is 0.345 e. The molecule has 0 saturated heterocycles. The van der Waals surface area contributed by atoms with Crippen LogP contribution < -0.4 is 15.7 Å². The summed E-state index contributed by atoms with van der Waals surface area (Å²) in [6.45, 7) is 0. The summed E-state index contributed by atoms with van der Waals surface area (Å²) in [6, 6.07) is 12.9. The Bertz CT molecular complexity index is 1140. The molecular weight excluding hydrogens is 355 g/mol. The number of halogens is 1. The molecular formula is C19H13FN2O3S. The van der Waals surface area contributed by atoms with E-state index in [0.717, 1.165) is 5.39 Å². The highest BCUT2D eigenvalue weighted by atomic mass is 32.1. The Labute approximate surface area is 151 Å². The monoisotopic (exact) mass is 368 g/mol. The van der Waals surface area contributed by atoms with Crippen LogP contribution in [0.25, 0.3) is 22.2 Å². The number of nitrogens with one attached hydrogen (secondary N) is 1. The van der Waals surface area contributed by atoms with Crippen molar-refractivity contribution in [3.05, 3.63) is 70.1 Å². The number of rotatable bonds is 4. The second-order valence-corrected chi connectivity index (χ2v) is 6.38. The smallest absolute Gasteiger partial charge is 0.345 e. The zero-order valence-electron chi connectivity index (χ0n) is 13.7. The number of methoxy groups -OCH3 is 1. The second-order valence-electron chi connectivity index (χ2n) is 5.52. The molecule has 4 rings (SSSR count). The fourth-order valence-electron chi connectivity index (χ4n) is 2.52. The summed E-state index contributed by atoms with van der Waals surface area (Å²) in [6.07, 6.45) is 0. The van der Waals surface area contributed by atoms with Gasteiger partial charge in [-0.05, 0) is 48.5 Å². The number of nitrogens with zero attached hydrogens (tertiary/aromatic N) is 1. The van der Waals surface area contributed by atoms with Crippen molar-refractivity contribution in [2.24, 2.45) is 0 Å². The highest BCUT2D eigenvalue weighted by Gasteiger charge is 2.12. The van der Waals surface area contributed by atoms with Crippen molar-refractivity contribution >= 4 is 33.1 Å². The predicted octanol–water partition coefficient (Wildman–Crippen LogP) is 4.81. The molecule has 26 heavy (non-hydrogen) atoms. The fraction of sp³-hybridized carbons (Fsp3) is 0.0526. The molecule has 2 aromatic carbocycles. The zero-order valence-corrected chi connectivity index (χ0v) is 14.5. The molecule has 1 N–H and O–H groups in total. The van der Waals surface area contributed by atoms with Gasteiger partial charge in [-0.25, -0.2) is 14.2 Å². The summed E-state index contributed by atoms with van der Waals surface area (Å²) >= 11 is 1.34. The molecule has 0 aliphatic carbocycles. The lowest BCUT2D eigenvalue weighted by Crippen LogP contribution is -2.03. The van der Waals surface area contributed by atoms with Gasteiger partial charge in [0.1, 0.15) is 17.1 Å². The van der Waals surface area contributed by atoms with E-state index in [-0.39, 0.29) is 5.82 Å². The van der Waals surface area contributed by atoms with Crippen molar-refractivity contribution in [2.75, 3.05) is 12.4 Å². The lowest BCUT2D eigenvalue weighted by molar-refractivity contribution is 0.415. The van der Waals surface area contributed by atoms with Gasteiger partial charge < -0.3 is 14.5 Å². The topological polar surface area (TPSA) is 64.4 Å². The van der Waals surface area contributed by atoms with Crippen LogP contribution in [0.4, 0.5) is 15.2 Å². The van der Waals surface area contributed by atoms with Crippen LogP contribution in [0.2, 0.25) is 0 Å². The molecule has 0 aliphatic heterocycles. The summed E-state index contributed by atoms with van der Waals surface area (Å²) in [7, 11) is 1.58. The fourth-order valence-corrected chi connectivity index (χ4v) is 3.25. The van der Waals surface area contributed by atoms with E-state index < -0.39 is 5.63 Å². The average molecular weight is 368 g/mol. The van der Waals surface area contributed by atoms with Crippen molar-refractivity contribution in [1.29, 1.82) is 0 Å². The largest absolute Gasteiger partial charge is 0.497 e. The number of ether oxygens (including phenoxy) is 1. The van der Waals surface area contributed by atoms with Crippen molar-refractivity contribution in [3.8, 4) is 17.0 Å². The highest BCUT2D eigenvalue weighted by Crippen LogP contribution is 2.28. The van der Waals surface area contributed by atoms with Crippen LogP contribution >= 0.6 is 11.3 Å². The van der Waals surface area contributed by atoms with Crippen molar-refractivity contribution in [3.63, 3.8) is 0 Å². The van der Waals surface area contributed by atoms with Gasteiger partial charge in [0.05, 0.1) is 18.4 Å². The Kier molecular flexibility index (Phi) is 4.14. The van der Waals surface area contributed by atoms with Crippen LogP contribution in [0.1, 0.15) is 0 Å². The molecule has 7 heteroatoms. The summed E-state index contributed by atoms with van der Waals surface area (Å²) in [5, 5.41) is 6.20. The van der Waals surface area contributed by atoms with Crippen LogP contribution in [0, 0.1) is 5.82 Å². The Morgan fingerprint density at radius 2 is 1.96 bits per heavy atom. The van der Waals surface area contributed by atoms with Crippen LogP contribution in [-0.4, -0.2) is 12.1 Å². The number of aromatic nitrogens is 1. The van der Waals surface area contributed by atoms with Crippen molar-refractivity contribution in [2.45, 2.75) is 0 Å². The number of benzene rings is 2. The van der Waals surface area contributed by atoms with Gasteiger partial charge >= 0.3 is 5.63 Å². The molecule has 130 valence electrons. The number of thiazole rings is 1. The van der Waals surface area contributed by atoms with Gasteiger partial charge in [0.15, 0.2) is 5.13 Å². The summed E-state index contributed by atoms with van der Waals surface area (Å²) in [5.41, 5.74) is 1.62. The van der Waals surface area contributed by atoms with Crippen LogP contribution in [0.3, 0.4) is 0 Å². The van der Waals surface area contributed by atoms with Crippen LogP contribution in [-0.2, 0) is 0 Å². The first kappa shape index (κ1) is 16.3. The maximum atomic E-state index is 13.0. The molecule has 5 nitrogen and oxygen atoms in total. The summed E-state index contributed by atoms with van der Waals surface area (Å²) < 4.78 is 23.6. The van der Waals surface area contributed by atoms with Gasteiger partial charge in [-0.2, -0.15) is 0 Å². The number of hydrogen-bond acceptors (Lipinski definition) is 6. The Balaban J connectivity index is 1.69. The molecule has 0 amide bonds. The molecule has 0 radical (unpaired) electrons. The molecule has 4 aromatic rings. The first-order valence-corrected chi connectivity index (χ1v) is 8.61. The van der Waals surface area contributed by atoms with Gasteiger partial charge in [0.25, 0.3) is 0 Å². The molecule has 2 aromatic heterocycles. The van der Waals surface area contributed by atoms with Crippen LogP contribution in [0.15, 0.2) is 63.1 Å². The molecule has 0 spiro atoms. The molecule has 0 aliphatic rings. The normalized spacial score (nSPS) is 10.8. The highest BCUT2D eigenvalue weighted by molar-refractivity contribution is 7.14. The van der Waals surface area contributed by atoms with E-state index in [2.05, 4.69) is 10.3 Å². The van der Waals surface area contributed by atoms with E-state index in [4.69, 9.17) is 9.15 Å². The molecule has 0 fully saturated rings. The minimum absolute atomic E-state index is 0.306. The first-order valence-electron chi connectivity index (χ1n) is 7.73. The van der Waals surface area contributed by atoms with E-state index in [9.17, 15) is 9.18 Å². The molecule has 0 bridgehead atoms. The van der Waals surface area contributed by atoms with E-state index in [0.29, 0.717) is 33.4 Å². The summed E-state index contributed by atoms with van der Waals surface area (Å²) in [4.78, 5) is 16.7. The Morgan fingerprint density at radius 1 is 1.15 bits per heavy atom. The minimum atomic E-state index is -0.457. The lowest BCUT2D eigenvalue weighted by Gasteiger charge is -2.03. The zero-order chi connectivity index (χ0) is 18.1. The third-order valence-electron chi connectivity index (χ3n) is 3.81. The Morgan fingerprint density at radius 3 is 2.73 bits per heavy atom. The van der Waals surface area contributed by atoms with Crippen LogP contribution in [0.5, 0.6) is 5.75 Å². The SMILES string of the molecule is COc1ccc2oc(=O)c(-c3csc(Nc4ccc(F)cc4)n3)cc2c1. The van der Waals surface area contributed by atoms with E-state index in [1.54, 1.807) is 48.9 Å². The van der Waals surface area contributed by atoms with Gasteiger partial charge in [-0.15, -0.1) is 11.3 Å². The van der Waals surface area contributed by atoms with E-state index in [1.807, 2.05) is 0 Å². The average Bonchev–Trinajstić information content (AvgIpc) is 3.11. The second kappa shape index (κ2) is 6.61. The van der Waals surface area contributed by atoms with E-state index >= 15 is 0 Å². The molecule has 2 heterocycles. The molecule has 0 unspecified atom stereocenters. The molecule has 0 atom stereocenters. The van der Waals surface area contributed by atoms with Gasteiger partial charge in [-0.3, -0.25) is 0 Å². The number of anilines is 2. The first-order chi connectivity index (χ1) is 12.6. The third kappa shape index (κ3) is 3.16. The van der Waals surface area contributed by atoms with Crippen molar-refractivity contribution < 1.29 is 13.5 Å². The predicted molar refractivity (Wildman–Crippen MR) is 99.8 cm³/mol. The quantitative estimate of drug-likeness (QED) is 0.524. The molecule has 0 saturated carbocycles. The van der Waals surface area contributed by atoms with Gasteiger partial charge in [0.2, 0.25) is 0 Å². The van der Waals surface area contributed by atoms with Gasteiger partial charge in [-0.1, -0.05) is 0 Å². The maximum absolute atomic E-state index is 13.0. The van der Waals surface area contributed by atoms with E-state index in [1.165, 1.54) is 23.5 Å². The lowest BCUT2D eigenvalue weighted by atomic mass is 10.1. The minimum Gasteiger partial charge on any atom is -0.497 e. The Hall–Kier alpha value is -3.19. The standard InChI is InChI=1S/C19H13FN2O3S/c1-24-14-6-7-17-11(8-14)9-15(18(23)25-17)16-10-26-19(22-16)21-13-4-2-12(20)3-5-13/h2-10H,1H3,(H,21,22).